The van der Waals surface area contributed by atoms with Crippen LogP contribution in [0.3, 0.4) is 0 Å². The lowest BCUT2D eigenvalue weighted by Gasteiger charge is -2.15. The molecule has 0 radical (unpaired) electrons. The number of carbonyl (C=O) groups excluding carboxylic acids is 1. The van der Waals surface area contributed by atoms with E-state index >= 15 is 0 Å². The van der Waals surface area contributed by atoms with Gasteiger partial charge in [-0.15, -0.1) is 0 Å². The van der Waals surface area contributed by atoms with Gasteiger partial charge in [0.05, 0.1) is 5.56 Å². The lowest BCUT2D eigenvalue weighted by atomic mass is 9.98. The van der Waals surface area contributed by atoms with Gasteiger partial charge in [0.25, 0.3) is 5.91 Å². The molecule has 3 aromatic rings. The maximum absolute atomic E-state index is 13.0. The van der Waals surface area contributed by atoms with Crippen molar-refractivity contribution in [3.63, 3.8) is 0 Å². The fraction of sp³-hybridized carbons (Fsp3) is 0.280. The van der Waals surface area contributed by atoms with Crippen molar-refractivity contribution in [3.05, 3.63) is 88.9 Å². The van der Waals surface area contributed by atoms with Crippen molar-refractivity contribution in [2.75, 3.05) is 5.32 Å². The third-order valence-electron chi connectivity index (χ3n) is 4.46. The summed E-state index contributed by atoms with van der Waals surface area (Å²) in [4.78, 5) is 17.1. The average molecular weight is 408 g/mol. The van der Waals surface area contributed by atoms with E-state index in [1.54, 1.807) is 18.3 Å². The van der Waals surface area contributed by atoms with Crippen LogP contribution in [0, 0.1) is 12.7 Å². The van der Waals surface area contributed by atoms with Gasteiger partial charge < -0.3 is 10.6 Å². The molecule has 1 heterocycles. The Morgan fingerprint density at radius 1 is 1.07 bits per heavy atom. The monoisotopic (exact) mass is 407 g/mol. The van der Waals surface area contributed by atoms with E-state index in [-0.39, 0.29) is 17.6 Å². The predicted molar refractivity (Wildman–Crippen MR) is 122 cm³/mol. The van der Waals surface area contributed by atoms with Crippen LogP contribution >= 0.6 is 0 Å². The smallest absolute Gasteiger partial charge is 0.253 e. The zero-order valence-electron chi connectivity index (χ0n) is 18.3. The number of amides is 1. The Bertz CT molecular complexity index is 968. The van der Waals surface area contributed by atoms with Gasteiger partial charge in [0.1, 0.15) is 11.6 Å². The standard InChI is InChI=1S/C23H24FN3O.C2H6/c1-15(2)20-12-22(27-19-6-4-5-16(3)11-19)25-14-21(20)23(28)26-13-17-7-9-18(24)10-8-17;1-2/h4-12,14-15H,13H2,1-3H3,(H,25,27)(H,26,28);1-2H3. The van der Waals surface area contributed by atoms with E-state index in [1.165, 1.54) is 12.1 Å². The summed E-state index contributed by atoms with van der Waals surface area (Å²) in [5.41, 5.74) is 4.42. The molecule has 0 aliphatic heterocycles. The van der Waals surface area contributed by atoms with E-state index in [0.717, 1.165) is 22.4 Å². The summed E-state index contributed by atoms with van der Waals surface area (Å²) in [6.07, 6.45) is 1.60. The molecule has 0 aliphatic rings. The fourth-order valence-corrected chi connectivity index (χ4v) is 2.96. The molecule has 3 rings (SSSR count). The van der Waals surface area contributed by atoms with Crippen LogP contribution in [-0.4, -0.2) is 10.9 Å². The number of pyridine rings is 1. The van der Waals surface area contributed by atoms with Gasteiger partial charge in [0, 0.05) is 18.4 Å². The number of benzene rings is 2. The number of aryl methyl sites for hydroxylation is 1. The van der Waals surface area contributed by atoms with E-state index in [4.69, 9.17) is 0 Å². The number of hydrogen-bond donors (Lipinski definition) is 2. The Kier molecular flexibility index (Phi) is 8.54. The second-order valence-electron chi connectivity index (χ2n) is 7.12. The highest BCUT2D eigenvalue weighted by Crippen LogP contribution is 2.24. The van der Waals surface area contributed by atoms with Crippen molar-refractivity contribution in [1.82, 2.24) is 10.3 Å². The molecule has 2 N–H and O–H groups in total. The molecule has 0 unspecified atom stereocenters. The number of nitrogens with zero attached hydrogens (tertiary/aromatic N) is 1. The van der Waals surface area contributed by atoms with Crippen molar-refractivity contribution in [2.24, 2.45) is 0 Å². The van der Waals surface area contributed by atoms with E-state index in [9.17, 15) is 9.18 Å². The zero-order chi connectivity index (χ0) is 22.1. The number of aromatic nitrogens is 1. The van der Waals surface area contributed by atoms with Crippen LogP contribution in [0.2, 0.25) is 0 Å². The minimum absolute atomic E-state index is 0.160. The molecule has 4 nitrogen and oxygen atoms in total. The summed E-state index contributed by atoms with van der Waals surface area (Å²) in [6.45, 7) is 10.5. The first-order chi connectivity index (χ1) is 14.4. The highest BCUT2D eigenvalue weighted by molar-refractivity contribution is 5.95. The largest absolute Gasteiger partial charge is 0.348 e. The number of anilines is 2. The molecule has 5 heteroatoms. The normalized spacial score (nSPS) is 10.2. The fourth-order valence-electron chi connectivity index (χ4n) is 2.96. The Balaban J connectivity index is 0.00000155. The SMILES string of the molecule is CC.Cc1cccc(Nc2cc(C(C)C)c(C(=O)NCc3ccc(F)cc3)cn2)c1. The van der Waals surface area contributed by atoms with Crippen molar-refractivity contribution in [1.29, 1.82) is 0 Å². The summed E-state index contributed by atoms with van der Waals surface area (Å²) < 4.78 is 13.0. The van der Waals surface area contributed by atoms with E-state index < -0.39 is 0 Å². The van der Waals surface area contributed by atoms with Crippen LogP contribution in [0.1, 0.15) is 60.7 Å². The van der Waals surface area contributed by atoms with Crippen LogP contribution in [0.4, 0.5) is 15.9 Å². The van der Waals surface area contributed by atoms with Crippen LogP contribution in [0.25, 0.3) is 0 Å². The van der Waals surface area contributed by atoms with Gasteiger partial charge in [-0.25, -0.2) is 9.37 Å². The minimum Gasteiger partial charge on any atom is -0.348 e. The molecule has 1 amide bonds. The molecule has 0 atom stereocenters. The van der Waals surface area contributed by atoms with Gasteiger partial charge in [-0.05, 0) is 59.9 Å². The molecule has 0 saturated heterocycles. The van der Waals surface area contributed by atoms with Gasteiger partial charge in [-0.2, -0.15) is 0 Å². The quantitative estimate of drug-likeness (QED) is 0.500. The van der Waals surface area contributed by atoms with Gasteiger partial charge in [0.15, 0.2) is 0 Å². The van der Waals surface area contributed by atoms with Crippen molar-refractivity contribution < 1.29 is 9.18 Å². The lowest BCUT2D eigenvalue weighted by Crippen LogP contribution is -2.24. The summed E-state index contributed by atoms with van der Waals surface area (Å²) >= 11 is 0. The highest BCUT2D eigenvalue weighted by Gasteiger charge is 2.15. The number of carbonyl (C=O) groups is 1. The first-order valence-corrected chi connectivity index (χ1v) is 10.3. The van der Waals surface area contributed by atoms with Crippen molar-refractivity contribution in [2.45, 2.75) is 47.1 Å². The van der Waals surface area contributed by atoms with E-state index in [1.807, 2.05) is 65.0 Å². The molecule has 30 heavy (non-hydrogen) atoms. The molecule has 1 aromatic heterocycles. The third kappa shape index (κ3) is 6.41. The molecule has 0 spiro atoms. The maximum atomic E-state index is 13.0. The van der Waals surface area contributed by atoms with Gasteiger partial charge in [-0.1, -0.05) is 52.0 Å². The maximum Gasteiger partial charge on any atom is 0.253 e. The Morgan fingerprint density at radius 2 is 1.77 bits per heavy atom. The summed E-state index contributed by atoms with van der Waals surface area (Å²) in [7, 11) is 0. The molecule has 158 valence electrons. The second-order valence-corrected chi connectivity index (χ2v) is 7.12. The molecule has 0 aliphatic carbocycles. The van der Waals surface area contributed by atoms with Gasteiger partial charge in [-0.3, -0.25) is 4.79 Å². The number of nitrogens with one attached hydrogen (secondary N) is 2. The van der Waals surface area contributed by atoms with Crippen LogP contribution in [-0.2, 0) is 6.54 Å². The molecule has 2 aromatic carbocycles. The highest BCUT2D eigenvalue weighted by atomic mass is 19.1. The lowest BCUT2D eigenvalue weighted by molar-refractivity contribution is 0.0949. The van der Waals surface area contributed by atoms with Crippen molar-refractivity contribution in [3.8, 4) is 0 Å². The third-order valence-corrected chi connectivity index (χ3v) is 4.46. The first-order valence-electron chi connectivity index (χ1n) is 10.3. The molecular formula is C25H30FN3O. The minimum atomic E-state index is -0.293. The summed E-state index contributed by atoms with van der Waals surface area (Å²) in [6, 6.07) is 16.0. The van der Waals surface area contributed by atoms with Gasteiger partial charge >= 0.3 is 0 Å². The second kappa shape index (κ2) is 11.1. The summed E-state index contributed by atoms with van der Waals surface area (Å²) in [5, 5.41) is 6.18. The van der Waals surface area contributed by atoms with E-state index in [2.05, 4.69) is 15.6 Å². The van der Waals surface area contributed by atoms with E-state index in [0.29, 0.717) is 17.9 Å². The molecule has 0 fully saturated rings. The number of rotatable bonds is 6. The van der Waals surface area contributed by atoms with Crippen LogP contribution < -0.4 is 10.6 Å². The Hall–Kier alpha value is -3.21. The van der Waals surface area contributed by atoms with Crippen molar-refractivity contribution >= 4 is 17.4 Å². The Morgan fingerprint density at radius 3 is 2.40 bits per heavy atom. The number of hydrogen-bond acceptors (Lipinski definition) is 3. The van der Waals surface area contributed by atoms with Crippen LogP contribution in [0.5, 0.6) is 0 Å². The first kappa shape index (κ1) is 23.1. The molecule has 0 saturated carbocycles. The predicted octanol–water partition coefficient (Wildman–Crippen LogP) is 6.35. The number of halogens is 1. The Labute approximate surface area is 178 Å². The average Bonchev–Trinajstić information content (AvgIpc) is 2.74. The summed E-state index contributed by atoms with van der Waals surface area (Å²) in [5.74, 6) is 0.373. The zero-order valence-corrected chi connectivity index (χ0v) is 18.3. The van der Waals surface area contributed by atoms with Gasteiger partial charge in [0.2, 0.25) is 0 Å². The molecular weight excluding hydrogens is 377 g/mol. The molecule has 0 bridgehead atoms. The van der Waals surface area contributed by atoms with Crippen LogP contribution in [0.15, 0.2) is 60.8 Å². The topological polar surface area (TPSA) is 54.0 Å².